The SMILES string of the molecule is Cl.O=C(O)C1Cc2cc(Cl)c(Cl)cc2CN1. The van der Waals surface area contributed by atoms with E-state index in [0.717, 1.165) is 11.1 Å². The van der Waals surface area contributed by atoms with Gasteiger partial charge in [-0.25, -0.2) is 0 Å². The Bertz CT molecular complexity index is 423. The molecule has 0 amide bonds. The lowest BCUT2D eigenvalue weighted by molar-refractivity contribution is -0.139. The zero-order valence-electron chi connectivity index (χ0n) is 8.17. The fourth-order valence-corrected chi connectivity index (χ4v) is 2.06. The van der Waals surface area contributed by atoms with Crippen LogP contribution in [-0.4, -0.2) is 17.1 Å². The summed E-state index contributed by atoms with van der Waals surface area (Å²) in [5, 5.41) is 12.8. The highest BCUT2D eigenvalue weighted by atomic mass is 35.5. The second-order valence-electron chi connectivity index (χ2n) is 3.51. The summed E-state index contributed by atoms with van der Waals surface area (Å²) >= 11 is 11.7. The standard InChI is InChI=1S/C10H9Cl2NO2.ClH/c11-7-1-5-3-9(10(14)15)13-4-6(5)2-8(7)12;/h1-2,9,13H,3-4H2,(H,14,15);1H. The molecule has 0 saturated carbocycles. The van der Waals surface area contributed by atoms with E-state index in [-0.39, 0.29) is 12.4 Å². The summed E-state index contributed by atoms with van der Waals surface area (Å²) in [7, 11) is 0. The van der Waals surface area contributed by atoms with Crippen LogP contribution in [0.4, 0.5) is 0 Å². The summed E-state index contributed by atoms with van der Waals surface area (Å²) in [4.78, 5) is 10.8. The third-order valence-electron chi connectivity index (χ3n) is 2.50. The third-order valence-corrected chi connectivity index (χ3v) is 3.23. The number of nitrogens with one attached hydrogen (secondary N) is 1. The number of aliphatic carboxylic acids is 1. The minimum atomic E-state index is -0.841. The van der Waals surface area contributed by atoms with E-state index in [0.29, 0.717) is 23.0 Å². The Labute approximate surface area is 109 Å². The van der Waals surface area contributed by atoms with Crippen LogP contribution in [0.15, 0.2) is 12.1 Å². The number of fused-ring (bicyclic) bond motifs is 1. The third kappa shape index (κ3) is 2.61. The molecule has 0 spiro atoms. The van der Waals surface area contributed by atoms with Gasteiger partial charge in [-0.2, -0.15) is 0 Å². The first-order chi connectivity index (χ1) is 7.08. The number of benzene rings is 1. The molecule has 88 valence electrons. The molecule has 2 N–H and O–H groups in total. The van der Waals surface area contributed by atoms with Gasteiger partial charge in [0.2, 0.25) is 0 Å². The lowest BCUT2D eigenvalue weighted by Crippen LogP contribution is -2.41. The summed E-state index contributed by atoms with van der Waals surface area (Å²) < 4.78 is 0. The maximum absolute atomic E-state index is 10.8. The molecule has 6 heteroatoms. The van der Waals surface area contributed by atoms with Crippen molar-refractivity contribution < 1.29 is 9.90 Å². The van der Waals surface area contributed by atoms with E-state index >= 15 is 0 Å². The van der Waals surface area contributed by atoms with Gasteiger partial charge in [0.05, 0.1) is 10.0 Å². The van der Waals surface area contributed by atoms with Crippen molar-refractivity contribution in [2.45, 2.75) is 19.0 Å². The molecule has 1 heterocycles. The van der Waals surface area contributed by atoms with E-state index in [1.54, 1.807) is 12.1 Å². The zero-order chi connectivity index (χ0) is 11.0. The maximum atomic E-state index is 10.8. The van der Waals surface area contributed by atoms with Gasteiger partial charge in [-0.05, 0) is 29.7 Å². The number of carboxylic acids is 1. The molecule has 0 radical (unpaired) electrons. The molecule has 0 fully saturated rings. The Hall–Kier alpha value is -0.480. The fourth-order valence-electron chi connectivity index (χ4n) is 1.68. The predicted molar refractivity (Wildman–Crippen MR) is 65.7 cm³/mol. The first-order valence-electron chi connectivity index (χ1n) is 4.51. The molecular formula is C10H10Cl3NO2. The number of hydrogen-bond acceptors (Lipinski definition) is 2. The highest BCUT2D eigenvalue weighted by Gasteiger charge is 2.24. The lowest BCUT2D eigenvalue weighted by atomic mass is 9.96. The number of hydrogen-bond donors (Lipinski definition) is 2. The molecule has 1 aromatic carbocycles. The summed E-state index contributed by atoms with van der Waals surface area (Å²) in [5.41, 5.74) is 1.97. The van der Waals surface area contributed by atoms with Gasteiger partial charge in [0.1, 0.15) is 6.04 Å². The predicted octanol–water partition coefficient (Wildman–Crippen LogP) is 2.51. The van der Waals surface area contributed by atoms with E-state index in [1.807, 2.05) is 0 Å². The minimum absolute atomic E-state index is 0. The molecule has 2 rings (SSSR count). The van der Waals surface area contributed by atoms with Crippen molar-refractivity contribution >= 4 is 41.6 Å². The monoisotopic (exact) mass is 281 g/mol. The summed E-state index contributed by atoms with van der Waals surface area (Å²) in [6.45, 7) is 0.517. The lowest BCUT2D eigenvalue weighted by Gasteiger charge is -2.23. The quantitative estimate of drug-likeness (QED) is 0.832. The largest absolute Gasteiger partial charge is 0.480 e. The first kappa shape index (κ1) is 13.6. The Morgan fingerprint density at radius 3 is 2.44 bits per heavy atom. The van der Waals surface area contributed by atoms with Crippen LogP contribution in [0.2, 0.25) is 10.0 Å². The van der Waals surface area contributed by atoms with E-state index in [4.69, 9.17) is 28.3 Å². The van der Waals surface area contributed by atoms with Gasteiger partial charge >= 0.3 is 5.97 Å². The minimum Gasteiger partial charge on any atom is -0.480 e. The van der Waals surface area contributed by atoms with Crippen molar-refractivity contribution in [1.82, 2.24) is 5.32 Å². The van der Waals surface area contributed by atoms with E-state index < -0.39 is 12.0 Å². The fraction of sp³-hybridized carbons (Fsp3) is 0.300. The van der Waals surface area contributed by atoms with Gasteiger partial charge < -0.3 is 10.4 Å². The molecule has 0 aromatic heterocycles. The van der Waals surface area contributed by atoms with Gasteiger partial charge in [-0.3, -0.25) is 4.79 Å². The van der Waals surface area contributed by atoms with Crippen molar-refractivity contribution in [2.24, 2.45) is 0 Å². The molecule has 0 aliphatic carbocycles. The first-order valence-corrected chi connectivity index (χ1v) is 5.26. The molecule has 1 aliphatic rings. The highest BCUT2D eigenvalue weighted by molar-refractivity contribution is 6.42. The number of carbonyl (C=O) groups is 1. The van der Waals surface area contributed by atoms with E-state index in [9.17, 15) is 4.79 Å². The van der Waals surface area contributed by atoms with Crippen LogP contribution < -0.4 is 5.32 Å². The summed E-state index contributed by atoms with van der Waals surface area (Å²) in [6, 6.07) is 3.00. The second kappa shape index (κ2) is 5.23. The number of rotatable bonds is 1. The van der Waals surface area contributed by atoms with Crippen LogP contribution in [0.25, 0.3) is 0 Å². The van der Waals surface area contributed by atoms with Crippen molar-refractivity contribution in [3.8, 4) is 0 Å². The van der Waals surface area contributed by atoms with E-state index in [2.05, 4.69) is 5.32 Å². The Balaban J connectivity index is 0.00000128. The molecule has 1 aromatic rings. The van der Waals surface area contributed by atoms with Gasteiger partial charge in [-0.1, -0.05) is 23.2 Å². The van der Waals surface area contributed by atoms with Gasteiger partial charge in [0.15, 0.2) is 0 Å². The van der Waals surface area contributed by atoms with Crippen LogP contribution in [0.5, 0.6) is 0 Å². The molecular weight excluding hydrogens is 272 g/mol. The Morgan fingerprint density at radius 2 is 1.88 bits per heavy atom. The van der Waals surface area contributed by atoms with E-state index in [1.165, 1.54) is 0 Å². The molecule has 16 heavy (non-hydrogen) atoms. The number of carboxylic acid groups (broad SMARTS) is 1. The van der Waals surface area contributed by atoms with Crippen LogP contribution in [0.1, 0.15) is 11.1 Å². The Kier molecular flexibility index (Phi) is 4.44. The molecule has 0 bridgehead atoms. The van der Waals surface area contributed by atoms with Crippen LogP contribution in [0, 0.1) is 0 Å². The van der Waals surface area contributed by atoms with Crippen molar-refractivity contribution in [3.63, 3.8) is 0 Å². The van der Waals surface area contributed by atoms with Crippen LogP contribution in [0.3, 0.4) is 0 Å². The van der Waals surface area contributed by atoms with Gasteiger partial charge in [-0.15, -0.1) is 12.4 Å². The van der Waals surface area contributed by atoms with Crippen LogP contribution >= 0.6 is 35.6 Å². The molecule has 1 aliphatic heterocycles. The summed E-state index contributed by atoms with van der Waals surface area (Å²) in [6.07, 6.45) is 0.446. The van der Waals surface area contributed by atoms with Crippen molar-refractivity contribution in [1.29, 1.82) is 0 Å². The molecule has 0 saturated heterocycles. The zero-order valence-corrected chi connectivity index (χ0v) is 10.5. The summed E-state index contributed by atoms with van der Waals surface area (Å²) in [5.74, 6) is -0.841. The molecule has 3 nitrogen and oxygen atoms in total. The average molecular weight is 283 g/mol. The van der Waals surface area contributed by atoms with Gasteiger partial charge in [0, 0.05) is 6.54 Å². The maximum Gasteiger partial charge on any atom is 0.321 e. The average Bonchev–Trinajstić information content (AvgIpc) is 2.19. The van der Waals surface area contributed by atoms with Crippen molar-refractivity contribution in [2.75, 3.05) is 0 Å². The second-order valence-corrected chi connectivity index (χ2v) is 4.33. The smallest absolute Gasteiger partial charge is 0.321 e. The van der Waals surface area contributed by atoms with Crippen LogP contribution in [-0.2, 0) is 17.8 Å². The van der Waals surface area contributed by atoms with Gasteiger partial charge in [0.25, 0.3) is 0 Å². The Morgan fingerprint density at radius 1 is 1.31 bits per heavy atom. The normalized spacial score (nSPS) is 18.5. The highest BCUT2D eigenvalue weighted by Crippen LogP contribution is 2.28. The topological polar surface area (TPSA) is 49.3 Å². The van der Waals surface area contributed by atoms with Crippen molar-refractivity contribution in [3.05, 3.63) is 33.3 Å². The number of halogens is 3. The molecule has 1 atom stereocenters. The molecule has 1 unspecified atom stereocenters.